The van der Waals surface area contributed by atoms with E-state index < -0.39 is 22.0 Å². The van der Waals surface area contributed by atoms with Crippen molar-refractivity contribution in [2.24, 2.45) is 0 Å². The molecular formula is C26H30N4O3S. The van der Waals surface area contributed by atoms with Gasteiger partial charge in [0.05, 0.1) is 6.04 Å². The predicted molar refractivity (Wildman–Crippen MR) is 133 cm³/mol. The quantitative estimate of drug-likeness (QED) is 0.562. The summed E-state index contributed by atoms with van der Waals surface area (Å²) in [6, 6.07) is 18.0. The predicted octanol–water partition coefficient (Wildman–Crippen LogP) is 3.45. The molecule has 2 aromatic carbocycles. The SMILES string of the molecule is Cc1cc(C)c(CN2C[C@H](c3ccccc3)C[C@H]2C(=O)NS(=O)(=O)c2cccc(N)n2)c(C)c1. The maximum atomic E-state index is 13.3. The highest BCUT2D eigenvalue weighted by atomic mass is 32.2. The third-order valence-electron chi connectivity index (χ3n) is 6.43. The van der Waals surface area contributed by atoms with Crippen LogP contribution in [0.25, 0.3) is 0 Å². The van der Waals surface area contributed by atoms with Gasteiger partial charge in [0.25, 0.3) is 15.9 Å². The van der Waals surface area contributed by atoms with Crippen LogP contribution in [0.5, 0.6) is 0 Å². The van der Waals surface area contributed by atoms with Crippen LogP contribution in [0.15, 0.2) is 65.7 Å². The number of aryl methyl sites for hydroxylation is 3. The van der Waals surface area contributed by atoms with Gasteiger partial charge in [0.2, 0.25) is 0 Å². The molecular weight excluding hydrogens is 448 g/mol. The van der Waals surface area contributed by atoms with E-state index in [-0.39, 0.29) is 16.8 Å². The number of rotatable bonds is 6. The Kier molecular flexibility index (Phi) is 6.72. The van der Waals surface area contributed by atoms with Gasteiger partial charge in [-0.2, -0.15) is 8.42 Å². The van der Waals surface area contributed by atoms with E-state index in [1.165, 1.54) is 23.8 Å². The molecule has 3 N–H and O–H groups in total. The summed E-state index contributed by atoms with van der Waals surface area (Å²) < 4.78 is 27.9. The highest BCUT2D eigenvalue weighted by Crippen LogP contribution is 2.34. The van der Waals surface area contributed by atoms with Crippen molar-refractivity contribution in [1.82, 2.24) is 14.6 Å². The van der Waals surface area contributed by atoms with Crippen molar-refractivity contribution in [3.8, 4) is 0 Å². The van der Waals surface area contributed by atoms with Gasteiger partial charge in [0, 0.05) is 13.1 Å². The molecule has 4 rings (SSSR count). The Morgan fingerprint density at radius 2 is 1.74 bits per heavy atom. The van der Waals surface area contributed by atoms with Gasteiger partial charge < -0.3 is 5.73 Å². The number of aromatic nitrogens is 1. The smallest absolute Gasteiger partial charge is 0.281 e. The minimum Gasteiger partial charge on any atom is -0.384 e. The molecule has 0 saturated carbocycles. The Balaban J connectivity index is 1.62. The van der Waals surface area contributed by atoms with Crippen molar-refractivity contribution in [2.45, 2.75) is 50.7 Å². The van der Waals surface area contributed by atoms with Crippen LogP contribution in [0.2, 0.25) is 0 Å². The molecule has 0 spiro atoms. The minimum atomic E-state index is -4.14. The Hall–Kier alpha value is -3.23. The number of likely N-dealkylation sites (tertiary alicyclic amines) is 1. The Labute approximate surface area is 201 Å². The minimum absolute atomic E-state index is 0.0762. The molecule has 0 bridgehead atoms. The summed E-state index contributed by atoms with van der Waals surface area (Å²) in [5.74, 6) is -0.353. The second-order valence-corrected chi connectivity index (χ2v) is 10.7. The summed E-state index contributed by atoms with van der Waals surface area (Å²) in [6.45, 7) is 7.44. The van der Waals surface area contributed by atoms with Crippen molar-refractivity contribution >= 4 is 21.7 Å². The standard InChI is InChI=1S/C26H30N4O3S/c1-17-12-18(2)22(19(3)13-17)16-30-15-21(20-8-5-4-6-9-20)14-23(30)26(31)29-34(32,33)25-11-7-10-24(27)28-25/h4-13,21,23H,14-16H2,1-3H3,(H2,27,28)(H,29,31)/t21-,23+/m1/s1. The maximum absolute atomic E-state index is 13.3. The third kappa shape index (κ3) is 5.13. The number of nitrogen functional groups attached to an aromatic ring is 1. The van der Waals surface area contributed by atoms with E-state index in [0.29, 0.717) is 19.5 Å². The summed E-state index contributed by atoms with van der Waals surface area (Å²) in [4.78, 5) is 19.3. The molecule has 1 aromatic heterocycles. The normalized spacial score (nSPS) is 18.7. The van der Waals surface area contributed by atoms with Gasteiger partial charge in [0.1, 0.15) is 5.82 Å². The van der Waals surface area contributed by atoms with E-state index in [4.69, 9.17) is 5.73 Å². The number of carbonyl (C=O) groups is 1. The first kappa shape index (κ1) is 23.9. The Bertz CT molecular complexity index is 1290. The first-order chi connectivity index (χ1) is 16.1. The lowest BCUT2D eigenvalue weighted by molar-refractivity contribution is -0.123. The fourth-order valence-electron chi connectivity index (χ4n) is 4.81. The summed E-state index contributed by atoms with van der Waals surface area (Å²) in [7, 11) is -4.14. The number of carbonyl (C=O) groups excluding carboxylic acids is 1. The van der Waals surface area contributed by atoms with Crippen molar-refractivity contribution in [2.75, 3.05) is 12.3 Å². The maximum Gasteiger partial charge on any atom is 0.281 e. The van der Waals surface area contributed by atoms with Gasteiger partial charge in [-0.15, -0.1) is 0 Å². The monoisotopic (exact) mass is 478 g/mol. The molecule has 3 aromatic rings. The van der Waals surface area contributed by atoms with E-state index >= 15 is 0 Å². The van der Waals surface area contributed by atoms with Crippen molar-refractivity contribution in [3.05, 3.63) is 88.5 Å². The molecule has 1 amide bonds. The molecule has 34 heavy (non-hydrogen) atoms. The zero-order chi connectivity index (χ0) is 24.5. The molecule has 0 radical (unpaired) electrons. The van der Waals surface area contributed by atoms with Crippen LogP contribution in [0.4, 0.5) is 5.82 Å². The number of hydrogen-bond acceptors (Lipinski definition) is 6. The van der Waals surface area contributed by atoms with Gasteiger partial charge in [-0.3, -0.25) is 9.69 Å². The number of amides is 1. The third-order valence-corrected chi connectivity index (χ3v) is 7.68. The first-order valence-corrected chi connectivity index (χ1v) is 12.8. The van der Waals surface area contributed by atoms with Crippen LogP contribution in [-0.4, -0.2) is 36.8 Å². The van der Waals surface area contributed by atoms with Crippen LogP contribution in [0.3, 0.4) is 0 Å². The number of nitrogens with one attached hydrogen (secondary N) is 1. The zero-order valence-electron chi connectivity index (χ0n) is 19.7. The second kappa shape index (κ2) is 9.56. The largest absolute Gasteiger partial charge is 0.384 e. The lowest BCUT2D eigenvalue weighted by atomic mass is 9.96. The van der Waals surface area contributed by atoms with Gasteiger partial charge in [-0.1, -0.05) is 54.1 Å². The summed E-state index contributed by atoms with van der Waals surface area (Å²) >= 11 is 0. The van der Waals surface area contributed by atoms with Gasteiger partial charge in [-0.25, -0.2) is 9.71 Å². The average Bonchev–Trinajstić information content (AvgIpc) is 3.21. The number of nitrogens with two attached hydrogens (primary N) is 1. The molecule has 1 saturated heterocycles. The number of sulfonamides is 1. The summed E-state index contributed by atoms with van der Waals surface area (Å²) in [5, 5.41) is -0.268. The van der Waals surface area contributed by atoms with Gasteiger partial charge >= 0.3 is 0 Å². The number of anilines is 1. The Morgan fingerprint density at radius 3 is 2.38 bits per heavy atom. The van der Waals surface area contributed by atoms with Crippen LogP contribution in [0, 0.1) is 20.8 Å². The van der Waals surface area contributed by atoms with Gasteiger partial charge in [0.15, 0.2) is 5.03 Å². The molecule has 0 unspecified atom stereocenters. The first-order valence-electron chi connectivity index (χ1n) is 11.3. The Morgan fingerprint density at radius 1 is 1.06 bits per heavy atom. The van der Waals surface area contributed by atoms with Gasteiger partial charge in [-0.05, 0) is 67.5 Å². The van der Waals surface area contributed by atoms with E-state index in [1.54, 1.807) is 0 Å². The number of benzene rings is 2. The molecule has 2 heterocycles. The van der Waals surface area contributed by atoms with E-state index in [0.717, 1.165) is 22.3 Å². The van der Waals surface area contributed by atoms with Crippen LogP contribution < -0.4 is 10.5 Å². The van der Waals surface area contributed by atoms with E-state index in [9.17, 15) is 13.2 Å². The molecule has 0 aliphatic carbocycles. The van der Waals surface area contributed by atoms with Crippen LogP contribution in [-0.2, 0) is 21.4 Å². The molecule has 7 nitrogen and oxygen atoms in total. The molecule has 1 fully saturated rings. The van der Waals surface area contributed by atoms with E-state index in [2.05, 4.69) is 59.6 Å². The topological polar surface area (TPSA) is 105 Å². The fourth-order valence-corrected chi connectivity index (χ4v) is 5.80. The van der Waals surface area contributed by atoms with Crippen LogP contribution >= 0.6 is 0 Å². The molecule has 178 valence electrons. The highest BCUT2D eigenvalue weighted by Gasteiger charge is 2.39. The van der Waals surface area contributed by atoms with E-state index in [1.807, 2.05) is 18.2 Å². The summed E-state index contributed by atoms with van der Waals surface area (Å²) in [6.07, 6.45) is 0.527. The molecule has 1 aliphatic rings. The summed E-state index contributed by atoms with van der Waals surface area (Å²) in [5.41, 5.74) is 11.5. The molecule has 8 heteroatoms. The van der Waals surface area contributed by atoms with Crippen molar-refractivity contribution < 1.29 is 13.2 Å². The van der Waals surface area contributed by atoms with Crippen molar-refractivity contribution in [3.63, 3.8) is 0 Å². The lowest BCUT2D eigenvalue weighted by Crippen LogP contribution is -2.45. The number of hydrogen-bond donors (Lipinski definition) is 2. The van der Waals surface area contributed by atoms with Crippen LogP contribution in [0.1, 0.15) is 40.2 Å². The number of pyridine rings is 1. The molecule has 2 atom stereocenters. The molecule has 1 aliphatic heterocycles. The van der Waals surface area contributed by atoms with Crippen molar-refractivity contribution in [1.29, 1.82) is 0 Å². The zero-order valence-corrected chi connectivity index (χ0v) is 20.5. The fraction of sp³-hybridized carbons (Fsp3) is 0.308. The average molecular weight is 479 g/mol. The number of nitrogens with zero attached hydrogens (tertiary/aromatic N) is 2. The highest BCUT2D eigenvalue weighted by molar-refractivity contribution is 7.90. The second-order valence-electron chi connectivity index (χ2n) is 9.04. The lowest BCUT2D eigenvalue weighted by Gasteiger charge is -2.25.